The van der Waals surface area contributed by atoms with Crippen molar-refractivity contribution in [1.82, 2.24) is 19.9 Å². The third kappa shape index (κ3) is 4.23. The normalized spacial score (nSPS) is 11.0. The average Bonchev–Trinajstić information content (AvgIpc) is 2.60. The molecule has 23 heavy (non-hydrogen) atoms. The van der Waals surface area contributed by atoms with Gasteiger partial charge in [0.15, 0.2) is 5.65 Å². The van der Waals surface area contributed by atoms with E-state index in [9.17, 15) is 0 Å². The Kier molecular flexibility index (Phi) is 5.11. The molecule has 0 unspecified atom stereocenters. The monoisotopic (exact) mass is 307 g/mol. The maximum Gasteiger partial charge on any atom is 0.164 e. The van der Waals surface area contributed by atoms with Crippen molar-refractivity contribution in [3.8, 4) is 0 Å². The first kappa shape index (κ1) is 15.4. The van der Waals surface area contributed by atoms with Crippen molar-refractivity contribution < 1.29 is 0 Å². The Bertz CT molecular complexity index is 739. The number of hydrogen-bond acceptors (Lipinski definition) is 5. The van der Waals surface area contributed by atoms with Gasteiger partial charge in [0.25, 0.3) is 0 Å². The van der Waals surface area contributed by atoms with E-state index in [2.05, 4.69) is 56.5 Å². The van der Waals surface area contributed by atoms with Crippen LogP contribution in [0, 0.1) is 0 Å². The average molecular weight is 307 g/mol. The minimum absolute atomic E-state index is 0.728. The van der Waals surface area contributed by atoms with Gasteiger partial charge in [0.05, 0.1) is 5.39 Å². The third-order valence-electron chi connectivity index (χ3n) is 3.71. The van der Waals surface area contributed by atoms with Gasteiger partial charge < -0.3 is 10.2 Å². The van der Waals surface area contributed by atoms with E-state index < -0.39 is 0 Å². The molecule has 0 aliphatic rings. The number of rotatable bonds is 7. The fraction of sp³-hybridized carbons (Fsp3) is 0.278. The highest BCUT2D eigenvalue weighted by Crippen LogP contribution is 2.16. The molecule has 0 saturated carbocycles. The van der Waals surface area contributed by atoms with Crippen molar-refractivity contribution in [2.24, 2.45) is 0 Å². The summed E-state index contributed by atoms with van der Waals surface area (Å²) >= 11 is 0. The van der Waals surface area contributed by atoms with Crippen LogP contribution in [0.5, 0.6) is 0 Å². The Hall–Kier alpha value is -2.53. The van der Waals surface area contributed by atoms with Crippen molar-refractivity contribution in [1.29, 1.82) is 0 Å². The second-order valence-electron chi connectivity index (χ2n) is 5.60. The molecule has 0 fully saturated rings. The van der Waals surface area contributed by atoms with Gasteiger partial charge in [-0.05, 0) is 37.7 Å². The highest BCUT2D eigenvalue weighted by Gasteiger charge is 2.04. The molecule has 2 heterocycles. The molecule has 0 aliphatic carbocycles. The molecule has 3 rings (SSSR count). The number of nitrogens with one attached hydrogen (secondary N) is 1. The summed E-state index contributed by atoms with van der Waals surface area (Å²) in [6.45, 7) is 2.88. The number of nitrogens with zero attached hydrogens (tertiary/aromatic N) is 4. The lowest BCUT2D eigenvalue weighted by Crippen LogP contribution is -2.21. The Balaban J connectivity index is 1.48. The SMILES string of the molecule is CN(CCCNc1ncnc2ncccc12)Cc1ccccc1. The molecular weight excluding hydrogens is 286 g/mol. The summed E-state index contributed by atoms with van der Waals surface area (Å²) in [7, 11) is 2.15. The van der Waals surface area contributed by atoms with Crippen LogP contribution in [-0.4, -0.2) is 40.0 Å². The zero-order valence-electron chi connectivity index (χ0n) is 13.3. The third-order valence-corrected chi connectivity index (χ3v) is 3.71. The van der Waals surface area contributed by atoms with Crippen LogP contribution in [0.2, 0.25) is 0 Å². The molecular formula is C18H21N5. The molecule has 0 bridgehead atoms. The first-order chi connectivity index (χ1) is 11.3. The lowest BCUT2D eigenvalue weighted by atomic mass is 10.2. The van der Waals surface area contributed by atoms with Crippen molar-refractivity contribution >= 4 is 16.9 Å². The molecule has 1 N–H and O–H groups in total. The van der Waals surface area contributed by atoms with Crippen molar-refractivity contribution in [3.63, 3.8) is 0 Å². The van der Waals surface area contributed by atoms with E-state index in [1.165, 1.54) is 5.56 Å². The summed E-state index contributed by atoms with van der Waals surface area (Å²) in [4.78, 5) is 15.1. The van der Waals surface area contributed by atoms with Gasteiger partial charge in [-0.1, -0.05) is 30.3 Å². The van der Waals surface area contributed by atoms with Crippen molar-refractivity contribution in [2.75, 3.05) is 25.5 Å². The zero-order chi connectivity index (χ0) is 15.9. The van der Waals surface area contributed by atoms with Crippen LogP contribution in [0.1, 0.15) is 12.0 Å². The second-order valence-corrected chi connectivity index (χ2v) is 5.60. The van der Waals surface area contributed by atoms with Gasteiger partial charge in [0.1, 0.15) is 12.1 Å². The minimum Gasteiger partial charge on any atom is -0.369 e. The lowest BCUT2D eigenvalue weighted by Gasteiger charge is -2.17. The summed E-state index contributed by atoms with van der Waals surface area (Å²) in [5, 5.41) is 4.35. The number of fused-ring (bicyclic) bond motifs is 1. The van der Waals surface area contributed by atoms with Crippen LogP contribution in [0.15, 0.2) is 55.0 Å². The second kappa shape index (κ2) is 7.65. The number of anilines is 1. The van der Waals surface area contributed by atoms with Gasteiger partial charge in [-0.25, -0.2) is 15.0 Å². The summed E-state index contributed by atoms with van der Waals surface area (Å²) < 4.78 is 0. The summed E-state index contributed by atoms with van der Waals surface area (Å²) in [5.41, 5.74) is 2.07. The van der Waals surface area contributed by atoms with Crippen LogP contribution in [0.25, 0.3) is 11.0 Å². The number of benzene rings is 1. The van der Waals surface area contributed by atoms with E-state index in [4.69, 9.17) is 0 Å². The van der Waals surface area contributed by atoms with Gasteiger partial charge in [-0.3, -0.25) is 0 Å². The predicted octanol–water partition coefficient (Wildman–Crippen LogP) is 2.96. The summed E-state index contributed by atoms with van der Waals surface area (Å²) in [6, 6.07) is 14.4. The molecule has 5 nitrogen and oxygen atoms in total. The highest BCUT2D eigenvalue weighted by atomic mass is 15.1. The van der Waals surface area contributed by atoms with Gasteiger partial charge in [-0.2, -0.15) is 0 Å². The minimum atomic E-state index is 0.728. The van der Waals surface area contributed by atoms with E-state index in [0.29, 0.717) is 0 Å². The molecule has 0 atom stereocenters. The topological polar surface area (TPSA) is 53.9 Å². The largest absolute Gasteiger partial charge is 0.369 e. The van der Waals surface area contributed by atoms with E-state index in [-0.39, 0.29) is 0 Å². The molecule has 0 spiro atoms. The van der Waals surface area contributed by atoms with E-state index in [1.807, 2.05) is 18.2 Å². The molecule has 0 aliphatic heterocycles. The van der Waals surface area contributed by atoms with Crippen molar-refractivity contribution in [3.05, 3.63) is 60.6 Å². The Morgan fingerprint density at radius 1 is 1.00 bits per heavy atom. The molecule has 1 aromatic carbocycles. The van der Waals surface area contributed by atoms with Crippen LogP contribution >= 0.6 is 0 Å². The molecule has 0 radical (unpaired) electrons. The molecule has 2 aromatic heterocycles. The van der Waals surface area contributed by atoms with Gasteiger partial charge in [0.2, 0.25) is 0 Å². The number of aromatic nitrogens is 3. The first-order valence-corrected chi connectivity index (χ1v) is 7.85. The maximum atomic E-state index is 4.32. The van der Waals surface area contributed by atoms with Gasteiger partial charge in [0, 0.05) is 19.3 Å². The quantitative estimate of drug-likeness (QED) is 0.680. The summed E-state index contributed by atoms with van der Waals surface area (Å²) in [6.07, 6.45) is 4.35. The highest BCUT2D eigenvalue weighted by molar-refractivity contribution is 5.85. The molecule has 0 amide bonds. The fourth-order valence-electron chi connectivity index (χ4n) is 2.57. The molecule has 118 valence electrons. The maximum absolute atomic E-state index is 4.32. The van der Waals surface area contributed by atoms with Crippen LogP contribution in [-0.2, 0) is 6.54 Å². The van der Waals surface area contributed by atoms with Crippen LogP contribution < -0.4 is 5.32 Å². The first-order valence-electron chi connectivity index (χ1n) is 7.85. The molecule has 0 saturated heterocycles. The number of hydrogen-bond donors (Lipinski definition) is 1. The van der Waals surface area contributed by atoms with Crippen LogP contribution in [0.4, 0.5) is 5.82 Å². The Morgan fingerprint density at radius 3 is 2.74 bits per heavy atom. The smallest absolute Gasteiger partial charge is 0.164 e. The van der Waals surface area contributed by atoms with Gasteiger partial charge >= 0.3 is 0 Å². The van der Waals surface area contributed by atoms with E-state index in [0.717, 1.165) is 42.9 Å². The Labute approximate surface area is 136 Å². The number of pyridine rings is 1. The van der Waals surface area contributed by atoms with Crippen molar-refractivity contribution in [2.45, 2.75) is 13.0 Å². The molecule has 3 aromatic rings. The Morgan fingerprint density at radius 2 is 1.87 bits per heavy atom. The van der Waals surface area contributed by atoms with Gasteiger partial charge in [-0.15, -0.1) is 0 Å². The standard InChI is InChI=1S/C18H21N5/c1-23(13-15-7-3-2-4-8-15)12-6-11-20-18-16-9-5-10-19-17(16)21-14-22-18/h2-5,7-10,14H,6,11-13H2,1H3,(H,19,20,21,22). The van der Waals surface area contributed by atoms with E-state index >= 15 is 0 Å². The van der Waals surface area contributed by atoms with Crippen LogP contribution in [0.3, 0.4) is 0 Å². The summed E-state index contributed by atoms with van der Waals surface area (Å²) in [5.74, 6) is 0.855. The molecule has 5 heteroatoms. The lowest BCUT2D eigenvalue weighted by molar-refractivity contribution is 0.325. The fourth-order valence-corrected chi connectivity index (χ4v) is 2.57. The zero-order valence-corrected chi connectivity index (χ0v) is 13.3. The van der Waals surface area contributed by atoms with E-state index in [1.54, 1.807) is 12.5 Å². The predicted molar refractivity (Wildman–Crippen MR) is 93.2 cm³/mol.